The number of amides is 2. The number of carbonyl (C=O) groups excluding carboxylic acids is 1. The molecule has 2 amide bonds. The maximum atomic E-state index is 11.9. The van der Waals surface area contributed by atoms with Crippen molar-refractivity contribution in [1.29, 1.82) is 0 Å². The minimum atomic E-state index is -1.13. The second-order valence-electron chi connectivity index (χ2n) is 4.09. The SMILES string of the molecule is C=CCN1C(=O)NC(c2ccccc2)C=C1C(=O)O. The molecule has 0 spiro atoms. The summed E-state index contributed by atoms with van der Waals surface area (Å²) >= 11 is 0. The van der Waals surface area contributed by atoms with Gasteiger partial charge in [0.15, 0.2) is 0 Å². The van der Waals surface area contributed by atoms with E-state index >= 15 is 0 Å². The van der Waals surface area contributed by atoms with Gasteiger partial charge in [-0.3, -0.25) is 4.90 Å². The van der Waals surface area contributed by atoms with Crippen LogP contribution in [0.3, 0.4) is 0 Å². The lowest BCUT2D eigenvalue weighted by atomic mass is 10.0. The zero-order chi connectivity index (χ0) is 13.8. The highest BCUT2D eigenvalue weighted by Crippen LogP contribution is 2.22. The second-order valence-corrected chi connectivity index (χ2v) is 4.09. The number of carbonyl (C=O) groups is 2. The van der Waals surface area contributed by atoms with E-state index in [1.807, 2.05) is 30.3 Å². The highest BCUT2D eigenvalue weighted by Gasteiger charge is 2.30. The predicted octanol–water partition coefficient (Wildman–Crippen LogP) is 1.91. The topological polar surface area (TPSA) is 69.6 Å². The first kappa shape index (κ1) is 12.9. The minimum Gasteiger partial charge on any atom is -0.477 e. The molecule has 2 N–H and O–H groups in total. The van der Waals surface area contributed by atoms with Gasteiger partial charge in [0.05, 0.1) is 6.04 Å². The van der Waals surface area contributed by atoms with Crippen LogP contribution in [0.15, 0.2) is 54.8 Å². The number of hydrogen-bond acceptors (Lipinski definition) is 2. The van der Waals surface area contributed by atoms with Crippen molar-refractivity contribution in [2.75, 3.05) is 6.54 Å². The molecular weight excluding hydrogens is 244 g/mol. The van der Waals surface area contributed by atoms with Gasteiger partial charge in [-0.15, -0.1) is 6.58 Å². The fraction of sp³-hybridized carbons (Fsp3) is 0.143. The molecule has 5 heteroatoms. The zero-order valence-corrected chi connectivity index (χ0v) is 10.2. The highest BCUT2D eigenvalue weighted by molar-refractivity contribution is 5.94. The number of hydrogen-bond donors (Lipinski definition) is 2. The number of nitrogens with zero attached hydrogens (tertiary/aromatic N) is 1. The van der Waals surface area contributed by atoms with Gasteiger partial charge < -0.3 is 10.4 Å². The molecule has 98 valence electrons. The van der Waals surface area contributed by atoms with Crippen molar-refractivity contribution < 1.29 is 14.7 Å². The van der Waals surface area contributed by atoms with Gasteiger partial charge in [-0.25, -0.2) is 9.59 Å². The Kier molecular flexibility index (Phi) is 3.66. The van der Waals surface area contributed by atoms with Crippen molar-refractivity contribution in [2.45, 2.75) is 6.04 Å². The van der Waals surface area contributed by atoms with Crippen LogP contribution in [0.5, 0.6) is 0 Å². The van der Waals surface area contributed by atoms with Gasteiger partial charge in [-0.05, 0) is 11.6 Å². The van der Waals surface area contributed by atoms with Crippen LogP contribution in [-0.4, -0.2) is 28.6 Å². The molecule has 0 saturated carbocycles. The van der Waals surface area contributed by atoms with Crippen molar-refractivity contribution in [3.63, 3.8) is 0 Å². The van der Waals surface area contributed by atoms with Crippen molar-refractivity contribution in [1.82, 2.24) is 10.2 Å². The first-order valence-electron chi connectivity index (χ1n) is 5.82. The molecule has 1 heterocycles. The van der Waals surface area contributed by atoms with Crippen molar-refractivity contribution >= 4 is 12.0 Å². The average Bonchev–Trinajstić information content (AvgIpc) is 2.41. The van der Waals surface area contributed by atoms with Crippen LogP contribution in [0.1, 0.15) is 11.6 Å². The van der Waals surface area contributed by atoms with Gasteiger partial charge >= 0.3 is 12.0 Å². The third-order valence-corrected chi connectivity index (χ3v) is 2.83. The summed E-state index contributed by atoms with van der Waals surface area (Å²) in [7, 11) is 0. The van der Waals surface area contributed by atoms with E-state index < -0.39 is 18.0 Å². The largest absolute Gasteiger partial charge is 0.477 e. The zero-order valence-electron chi connectivity index (χ0n) is 10.2. The summed E-state index contributed by atoms with van der Waals surface area (Å²) < 4.78 is 0. The number of nitrogens with one attached hydrogen (secondary N) is 1. The van der Waals surface area contributed by atoms with E-state index in [4.69, 9.17) is 0 Å². The first-order chi connectivity index (χ1) is 9.13. The molecule has 2 rings (SSSR count). The van der Waals surface area contributed by atoms with Crippen molar-refractivity contribution in [3.05, 3.63) is 60.3 Å². The van der Waals surface area contributed by atoms with Gasteiger partial charge in [-0.2, -0.15) is 0 Å². The Balaban J connectivity index is 2.37. The Morgan fingerprint density at radius 1 is 1.42 bits per heavy atom. The van der Waals surface area contributed by atoms with Gasteiger partial charge in [0, 0.05) is 6.54 Å². The second kappa shape index (κ2) is 5.39. The lowest BCUT2D eigenvalue weighted by Crippen LogP contribution is -2.46. The molecule has 5 nitrogen and oxygen atoms in total. The van der Waals surface area contributed by atoms with E-state index in [2.05, 4.69) is 11.9 Å². The number of rotatable bonds is 4. The Hall–Kier alpha value is -2.56. The molecule has 1 aliphatic heterocycles. The molecule has 1 aromatic carbocycles. The number of aliphatic carboxylic acids is 1. The lowest BCUT2D eigenvalue weighted by molar-refractivity contribution is -0.134. The molecule has 1 aliphatic rings. The van der Waals surface area contributed by atoms with Gasteiger partial charge in [0.1, 0.15) is 5.70 Å². The van der Waals surface area contributed by atoms with Crippen molar-refractivity contribution in [2.24, 2.45) is 0 Å². The molecule has 0 aliphatic carbocycles. The normalized spacial score (nSPS) is 18.5. The summed E-state index contributed by atoms with van der Waals surface area (Å²) in [5, 5.41) is 11.9. The van der Waals surface area contributed by atoms with Crippen molar-refractivity contribution in [3.8, 4) is 0 Å². The number of carboxylic acid groups (broad SMARTS) is 1. The quantitative estimate of drug-likeness (QED) is 0.810. The van der Waals surface area contributed by atoms with Crippen LogP contribution in [0, 0.1) is 0 Å². The van der Waals surface area contributed by atoms with E-state index in [1.54, 1.807) is 0 Å². The van der Waals surface area contributed by atoms with E-state index in [1.165, 1.54) is 12.2 Å². The minimum absolute atomic E-state index is 0.0301. The first-order valence-corrected chi connectivity index (χ1v) is 5.82. The van der Waals surface area contributed by atoms with E-state index in [9.17, 15) is 14.7 Å². The number of carboxylic acids is 1. The lowest BCUT2D eigenvalue weighted by Gasteiger charge is -2.30. The fourth-order valence-electron chi connectivity index (χ4n) is 1.95. The number of benzene rings is 1. The summed E-state index contributed by atoms with van der Waals surface area (Å²) in [6, 6.07) is 8.35. The third-order valence-electron chi connectivity index (χ3n) is 2.83. The molecule has 0 aromatic heterocycles. The van der Waals surface area contributed by atoms with Crippen LogP contribution >= 0.6 is 0 Å². The standard InChI is InChI=1S/C14H14N2O3/c1-2-8-16-12(13(17)18)9-11(15-14(16)19)10-6-4-3-5-7-10/h2-7,9,11H,1,8H2,(H,15,19)(H,17,18). The summed E-state index contributed by atoms with van der Waals surface area (Å²) in [5.41, 5.74) is 0.811. The molecule has 0 saturated heterocycles. The monoisotopic (exact) mass is 258 g/mol. The Morgan fingerprint density at radius 3 is 2.68 bits per heavy atom. The van der Waals surface area contributed by atoms with Gasteiger partial charge in [0.2, 0.25) is 0 Å². The summed E-state index contributed by atoms with van der Waals surface area (Å²) in [4.78, 5) is 24.3. The average molecular weight is 258 g/mol. The molecule has 1 aromatic rings. The van der Waals surface area contributed by atoms with Gasteiger partial charge in [-0.1, -0.05) is 36.4 Å². The Labute approximate surface area is 110 Å². The van der Waals surface area contributed by atoms with Crippen LogP contribution in [0.25, 0.3) is 0 Å². The maximum absolute atomic E-state index is 11.9. The fourth-order valence-corrected chi connectivity index (χ4v) is 1.95. The van der Waals surface area contributed by atoms with Gasteiger partial charge in [0.25, 0.3) is 0 Å². The molecule has 0 radical (unpaired) electrons. The predicted molar refractivity (Wildman–Crippen MR) is 70.3 cm³/mol. The van der Waals surface area contributed by atoms with Crippen LogP contribution in [0.2, 0.25) is 0 Å². The third kappa shape index (κ3) is 2.65. The van der Waals surface area contributed by atoms with Crippen LogP contribution in [-0.2, 0) is 4.79 Å². The summed E-state index contributed by atoms with van der Waals surface area (Å²) in [5.74, 6) is -1.13. The van der Waals surface area contributed by atoms with E-state index in [0.29, 0.717) is 0 Å². The molecule has 1 atom stereocenters. The molecule has 0 bridgehead atoms. The summed E-state index contributed by atoms with van der Waals surface area (Å²) in [6.45, 7) is 3.68. The maximum Gasteiger partial charge on any atom is 0.352 e. The molecule has 1 unspecified atom stereocenters. The Morgan fingerprint density at radius 2 is 2.11 bits per heavy atom. The molecular formula is C14H14N2O3. The van der Waals surface area contributed by atoms with Crippen LogP contribution < -0.4 is 5.32 Å². The van der Waals surface area contributed by atoms with Crippen LogP contribution in [0.4, 0.5) is 4.79 Å². The number of urea groups is 1. The summed E-state index contributed by atoms with van der Waals surface area (Å²) in [6.07, 6.45) is 3.02. The smallest absolute Gasteiger partial charge is 0.352 e. The van der Waals surface area contributed by atoms with E-state index in [0.717, 1.165) is 10.5 Å². The Bertz CT molecular complexity index is 537. The molecule has 0 fully saturated rings. The highest BCUT2D eigenvalue weighted by atomic mass is 16.4. The van der Waals surface area contributed by atoms with E-state index in [-0.39, 0.29) is 12.2 Å². The molecule has 19 heavy (non-hydrogen) atoms.